The molecule has 2 rings (SSSR count). The second-order valence-electron chi connectivity index (χ2n) is 5.05. The molecule has 0 aromatic heterocycles. The molecule has 22 heavy (non-hydrogen) atoms. The number of hydrogen-bond donors (Lipinski definition) is 2. The van der Waals surface area contributed by atoms with Crippen LogP contribution >= 0.6 is 0 Å². The van der Waals surface area contributed by atoms with Crippen molar-refractivity contribution in [3.63, 3.8) is 0 Å². The molecule has 4 nitrogen and oxygen atoms in total. The van der Waals surface area contributed by atoms with Gasteiger partial charge in [0, 0.05) is 13.1 Å². The second-order valence-corrected chi connectivity index (χ2v) is 5.05. The van der Waals surface area contributed by atoms with Crippen molar-refractivity contribution in [1.29, 1.82) is 0 Å². The number of amides is 1. The van der Waals surface area contributed by atoms with Gasteiger partial charge in [0.25, 0.3) is 0 Å². The van der Waals surface area contributed by atoms with Crippen LogP contribution < -0.4 is 5.32 Å². The lowest BCUT2D eigenvalue weighted by Gasteiger charge is -2.23. The van der Waals surface area contributed by atoms with Gasteiger partial charge in [-0.15, -0.1) is 0 Å². The third-order valence-corrected chi connectivity index (χ3v) is 3.58. The normalized spacial score (nSPS) is 20.2. The second kappa shape index (κ2) is 6.17. The van der Waals surface area contributed by atoms with Crippen molar-refractivity contribution in [1.82, 2.24) is 4.90 Å². The fourth-order valence-corrected chi connectivity index (χ4v) is 2.23. The van der Waals surface area contributed by atoms with E-state index in [2.05, 4.69) is 0 Å². The van der Waals surface area contributed by atoms with E-state index >= 15 is 0 Å². The lowest BCUT2D eigenvalue weighted by molar-refractivity contribution is -0.120. The number of β-amino-alcohol motifs (C(OH)–C–C–N with tert-alkyl or cyclic N) is 1. The number of anilines is 1. The number of halogens is 5. The van der Waals surface area contributed by atoms with Gasteiger partial charge in [-0.05, 0) is 13.3 Å². The molecule has 1 aliphatic heterocycles. The summed E-state index contributed by atoms with van der Waals surface area (Å²) in [6, 6.07) is -0.896. The van der Waals surface area contributed by atoms with Crippen LogP contribution in [0.4, 0.5) is 27.6 Å². The molecule has 0 aliphatic carbocycles. The van der Waals surface area contributed by atoms with E-state index in [4.69, 9.17) is 0 Å². The summed E-state index contributed by atoms with van der Waals surface area (Å²) < 4.78 is 66.0. The van der Waals surface area contributed by atoms with Crippen molar-refractivity contribution in [3.8, 4) is 0 Å². The molecule has 2 atom stereocenters. The molecule has 0 bridgehead atoms. The minimum atomic E-state index is -2.29. The highest BCUT2D eigenvalue weighted by atomic mass is 19.2. The molecule has 2 N–H and O–H groups in total. The van der Waals surface area contributed by atoms with Gasteiger partial charge < -0.3 is 10.4 Å². The zero-order valence-corrected chi connectivity index (χ0v) is 11.5. The van der Waals surface area contributed by atoms with Crippen molar-refractivity contribution >= 4 is 11.6 Å². The number of likely N-dealkylation sites (tertiary alicyclic amines) is 1. The van der Waals surface area contributed by atoms with E-state index in [1.807, 2.05) is 0 Å². The zero-order valence-electron chi connectivity index (χ0n) is 11.5. The van der Waals surface area contributed by atoms with Gasteiger partial charge in [-0.2, -0.15) is 0 Å². The molecular formula is C13H13F5N2O2. The predicted molar refractivity (Wildman–Crippen MR) is 66.5 cm³/mol. The van der Waals surface area contributed by atoms with E-state index in [-0.39, 0.29) is 6.54 Å². The van der Waals surface area contributed by atoms with Crippen LogP contribution in [0.5, 0.6) is 0 Å². The molecular weight excluding hydrogens is 311 g/mol. The maximum Gasteiger partial charge on any atom is 0.241 e. The number of aliphatic hydroxyl groups excluding tert-OH is 1. The quantitative estimate of drug-likeness (QED) is 0.506. The first-order valence-corrected chi connectivity index (χ1v) is 6.48. The minimum absolute atomic E-state index is 0.186. The molecule has 1 aromatic carbocycles. The predicted octanol–water partition coefficient (Wildman–Crippen LogP) is 1.78. The highest BCUT2D eigenvalue weighted by Gasteiger charge is 2.31. The summed E-state index contributed by atoms with van der Waals surface area (Å²) in [7, 11) is 0. The third-order valence-electron chi connectivity index (χ3n) is 3.58. The van der Waals surface area contributed by atoms with Crippen LogP contribution in [0, 0.1) is 29.1 Å². The van der Waals surface area contributed by atoms with E-state index in [0.717, 1.165) is 0 Å². The summed E-state index contributed by atoms with van der Waals surface area (Å²) in [5.74, 6) is -11.7. The minimum Gasteiger partial charge on any atom is -0.392 e. The summed E-state index contributed by atoms with van der Waals surface area (Å²) >= 11 is 0. The number of benzene rings is 1. The van der Waals surface area contributed by atoms with Gasteiger partial charge in [-0.1, -0.05) is 0 Å². The number of aliphatic hydroxyl groups is 1. The first-order chi connectivity index (χ1) is 10.2. The average molecular weight is 324 g/mol. The van der Waals surface area contributed by atoms with Crippen molar-refractivity contribution in [2.24, 2.45) is 0 Å². The lowest BCUT2D eigenvalue weighted by atomic mass is 10.2. The smallest absolute Gasteiger partial charge is 0.241 e. The number of carbonyl (C=O) groups excluding carboxylic acids is 1. The van der Waals surface area contributed by atoms with E-state index in [9.17, 15) is 31.9 Å². The van der Waals surface area contributed by atoms with E-state index in [1.165, 1.54) is 11.8 Å². The van der Waals surface area contributed by atoms with Gasteiger partial charge in [-0.3, -0.25) is 9.69 Å². The zero-order chi connectivity index (χ0) is 16.6. The van der Waals surface area contributed by atoms with E-state index in [0.29, 0.717) is 13.0 Å². The fraction of sp³-hybridized carbons (Fsp3) is 0.462. The molecule has 9 heteroatoms. The largest absolute Gasteiger partial charge is 0.392 e. The first kappa shape index (κ1) is 16.6. The van der Waals surface area contributed by atoms with Crippen molar-refractivity contribution in [3.05, 3.63) is 29.1 Å². The van der Waals surface area contributed by atoms with Gasteiger partial charge >= 0.3 is 0 Å². The Hall–Kier alpha value is -1.74. The number of nitrogens with one attached hydrogen (secondary N) is 1. The molecule has 1 aliphatic rings. The maximum atomic E-state index is 13.5. The van der Waals surface area contributed by atoms with Gasteiger partial charge in [-0.25, -0.2) is 22.0 Å². The van der Waals surface area contributed by atoms with Crippen LogP contribution in [0.2, 0.25) is 0 Å². The Kier molecular flexibility index (Phi) is 4.66. The monoisotopic (exact) mass is 324 g/mol. The molecule has 1 heterocycles. The molecule has 0 spiro atoms. The molecule has 0 radical (unpaired) electrons. The molecule has 122 valence electrons. The van der Waals surface area contributed by atoms with Crippen LogP contribution in [0.15, 0.2) is 0 Å². The number of hydrogen-bond acceptors (Lipinski definition) is 3. The van der Waals surface area contributed by atoms with Gasteiger partial charge in [0.05, 0.1) is 12.1 Å². The average Bonchev–Trinajstić information content (AvgIpc) is 2.93. The number of rotatable bonds is 3. The van der Waals surface area contributed by atoms with Crippen molar-refractivity contribution < 1.29 is 31.9 Å². The molecule has 1 amide bonds. The van der Waals surface area contributed by atoms with E-state index < -0.39 is 52.8 Å². The molecule has 1 saturated heterocycles. The highest BCUT2D eigenvalue weighted by molar-refractivity contribution is 5.94. The summed E-state index contributed by atoms with van der Waals surface area (Å²) in [4.78, 5) is 13.4. The van der Waals surface area contributed by atoms with Crippen LogP contribution in [-0.2, 0) is 4.79 Å². The highest BCUT2D eigenvalue weighted by Crippen LogP contribution is 2.27. The topological polar surface area (TPSA) is 52.6 Å². The first-order valence-electron chi connectivity index (χ1n) is 6.48. The summed E-state index contributed by atoms with van der Waals surface area (Å²) in [5, 5.41) is 11.1. The SMILES string of the molecule is CC(C(=O)Nc1c(F)c(F)c(F)c(F)c1F)N1CC[C@@H](O)C1. The molecule has 1 unspecified atom stereocenters. The summed E-state index contributed by atoms with van der Waals surface area (Å²) in [6.45, 7) is 1.97. The van der Waals surface area contributed by atoms with Gasteiger partial charge in [0.15, 0.2) is 23.3 Å². The Morgan fingerprint density at radius 1 is 1.14 bits per heavy atom. The maximum absolute atomic E-state index is 13.5. The van der Waals surface area contributed by atoms with Crippen LogP contribution in [0.1, 0.15) is 13.3 Å². The molecule has 1 fully saturated rings. The number of carbonyl (C=O) groups is 1. The Morgan fingerprint density at radius 3 is 2.09 bits per heavy atom. The Labute approximate surface area is 122 Å². The summed E-state index contributed by atoms with van der Waals surface area (Å²) in [5.41, 5.74) is -1.38. The molecule has 0 saturated carbocycles. The summed E-state index contributed by atoms with van der Waals surface area (Å²) in [6.07, 6.45) is -0.190. The van der Waals surface area contributed by atoms with Gasteiger partial charge in [0.1, 0.15) is 5.69 Å². The van der Waals surface area contributed by atoms with Crippen LogP contribution in [0.3, 0.4) is 0 Å². The van der Waals surface area contributed by atoms with Crippen molar-refractivity contribution in [2.45, 2.75) is 25.5 Å². The van der Waals surface area contributed by atoms with Crippen LogP contribution in [0.25, 0.3) is 0 Å². The van der Waals surface area contributed by atoms with Crippen molar-refractivity contribution in [2.75, 3.05) is 18.4 Å². The Bertz CT molecular complexity index is 582. The molecule has 1 aromatic rings. The van der Waals surface area contributed by atoms with Gasteiger partial charge in [0.2, 0.25) is 11.7 Å². The van der Waals surface area contributed by atoms with E-state index in [1.54, 1.807) is 5.32 Å². The Balaban J connectivity index is 2.22. The van der Waals surface area contributed by atoms with Crippen LogP contribution in [-0.4, -0.2) is 41.1 Å². The third kappa shape index (κ3) is 2.91. The standard InChI is InChI=1S/C13H13F5N2O2/c1-5(20-3-2-6(21)4-20)13(22)19-12-10(17)8(15)7(14)9(16)11(12)18/h5-6,21H,2-4H2,1H3,(H,19,22)/t5?,6-/m1/s1. The number of nitrogens with zero attached hydrogens (tertiary/aromatic N) is 1. The Morgan fingerprint density at radius 2 is 1.64 bits per heavy atom. The lowest BCUT2D eigenvalue weighted by Crippen LogP contribution is -2.41. The fourth-order valence-electron chi connectivity index (χ4n) is 2.23.